The van der Waals surface area contributed by atoms with E-state index in [1.54, 1.807) is 0 Å². The van der Waals surface area contributed by atoms with Crippen LogP contribution in [0.3, 0.4) is 0 Å². The van der Waals surface area contributed by atoms with E-state index in [0.29, 0.717) is 5.41 Å². The van der Waals surface area contributed by atoms with Gasteiger partial charge < -0.3 is 0 Å². The molecule has 0 spiro atoms. The minimum absolute atomic E-state index is 0. The molecule has 0 aromatic rings. The molecule has 1 heteroatoms. The van der Waals surface area contributed by atoms with Gasteiger partial charge in [0, 0.05) is 0 Å². The normalized spacial score (nSPS) is 10.2. The van der Waals surface area contributed by atoms with Crippen LogP contribution in [0.4, 0.5) is 0 Å². The van der Waals surface area contributed by atoms with Gasteiger partial charge in [-0.2, -0.15) is 0 Å². The number of hydrogen-bond acceptors (Lipinski definition) is 0. The zero-order valence-electron chi connectivity index (χ0n) is 6.41. The number of allylic oxidation sites excluding steroid dienone is 1. The maximum absolute atomic E-state index is 3.84. The molecule has 0 aromatic carbocycles. The molecular formula is C8H17Na. The molecule has 0 unspecified atom stereocenters. The first-order valence-electron chi connectivity index (χ1n) is 3.06. The van der Waals surface area contributed by atoms with Crippen molar-refractivity contribution in [3.8, 4) is 0 Å². The molecule has 0 saturated carbocycles. The summed E-state index contributed by atoms with van der Waals surface area (Å²) in [7, 11) is 0. The summed E-state index contributed by atoms with van der Waals surface area (Å²) in [6.45, 7) is 12.6. The van der Waals surface area contributed by atoms with E-state index in [1.165, 1.54) is 5.57 Å². The Labute approximate surface area is 81.0 Å². The van der Waals surface area contributed by atoms with Crippen LogP contribution in [0, 0.1) is 5.41 Å². The van der Waals surface area contributed by atoms with E-state index < -0.39 is 0 Å². The summed E-state index contributed by atoms with van der Waals surface area (Å²) in [5.74, 6) is 0. The van der Waals surface area contributed by atoms with Gasteiger partial charge in [-0.25, -0.2) is 0 Å². The van der Waals surface area contributed by atoms with Gasteiger partial charge in [0.2, 0.25) is 0 Å². The molecule has 0 nitrogen and oxygen atoms in total. The fourth-order valence-corrected chi connectivity index (χ4v) is 0.905. The third-order valence-corrected chi connectivity index (χ3v) is 0.832. The summed E-state index contributed by atoms with van der Waals surface area (Å²) in [4.78, 5) is 0. The van der Waals surface area contributed by atoms with Crippen molar-refractivity contribution in [2.24, 2.45) is 5.41 Å². The first-order valence-corrected chi connectivity index (χ1v) is 3.06. The monoisotopic (exact) mass is 136 g/mol. The van der Waals surface area contributed by atoms with E-state index in [9.17, 15) is 0 Å². The molecule has 0 heterocycles. The Morgan fingerprint density at radius 3 is 1.67 bits per heavy atom. The summed E-state index contributed by atoms with van der Waals surface area (Å²) in [6, 6.07) is 0. The molecule has 9 heavy (non-hydrogen) atoms. The van der Waals surface area contributed by atoms with E-state index in [-0.39, 0.29) is 29.6 Å². The molecule has 0 N–H and O–H groups in total. The molecule has 0 aliphatic rings. The molecule has 0 rings (SSSR count). The second kappa shape index (κ2) is 4.54. The van der Waals surface area contributed by atoms with E-state index in [2.05, 4.69) is 34.3 Å². The SMILES string of the molecule is C=C(C)CC(C)(C)C.[NaH]. The van der Waals surface area contributed by atoms with Crippen LogP contribution >= 0.6 is 0 Å². The first-order chi connectivity index (χ1) is 3.42. The van der Waals surface area contributed by atoms with Crippen LogP contribution in [0.25, 0.3) is 0 Å². The molecule has 50 valence electrons. The molecular weight excluding hydrogens is 119 g/mol. The number of hydrogen-bond donors (Lipinski definition) is 0. The van der Waals surface area contributed by atoms with Crippen LogP contribution in [0.5, 0.6) is 0 Å². The summed E-state index contributed by atoms with van der Waals surface area (Å²) in [5.41, 5.74) is 1.70. The van der Waals surface area contributed by atoms with Crippen molar-refractivity contribution in [1.82, 2.24) is 0 Å². The van der Waals surface area contributed by atoms with Crippen LogP contribution in [0.1, 0.15) is 34.1 Å². The van der Waals surface area contributed by atoms with Crippen LogP contribution in [-0.2, 0) is 0 Å². The van der Waals surface area contributed by atoms with Crippen molar-refractivity contribution in [2.45, 2.75) is 34.1 Å². The van der Waals surface area contributed by atoms with Crippen molar-refractivity contribution in [2.75, 3.05) is 0 Å². The van der Waals surface area contributed by atoms with Gasteiger partial charge in [0.1, 0.15) is 0 Å². The average molecular weight is 136 g/mol. The van der Waals surface area contributed by atoms with Crippen molar-refractivity contribution in [1.29, 1.82) is 0 Å². The van der Waals surface area contributed by atoms with Crippen molar-refractivity contribution >= 4 is 29.6 Å². The Hall–Kier alpha value is 0.740. The third kappa shape index (κ3) is 12.1. The quantitative estimate of drug-likeness (QED) is 0.383. The van der Waals surface area contributed by atoms with Gasteiger partial charge in [0.25, 0.3) is 0 Å². The molecule has 0 bridgehead atoms. The summed E-state index contributed by atoms with van der Waals surface area (Å²) < 4.78 is 0. The Morgan fingerprint density at radius 2 is 1.67 bits per heavy atom. The minimum atomic E-state index is 0. The molecule has 0 aliphatic carbocycles. The fraction of sp³-hybridized carbons (Fsp3) is 0.750. The molecule has 0 atom stereocenters. The van der Waals surface area contributed by atoms with Crippen LogP contribution in [0.2, 0.25) is 0 Å². The van der Waals surface area contributed by atoms with Gasteiger partial charge in [-0.1, -0.05) is 26.3 Å². The first kappa shape index (κ1) is 12.4. The number of rotatable bonds is 1. The van der Waals surface area contributed by atoms with Gasteiger partial charge in [0.15, 0.2) is 0 Å². The zero-order valence-corrected chi connectivity index (χ0v) is 6.41. The average Bonchev–Trinajstić information content (AvgIpc) is 1.21. The molecule has 0 radical (unpaired) electrons. The van der Waals surface area contributed by atoms with Gasteiger partial charge in [0.05, 0.1) is 0 Å². The molecule has 0 amide bonds. The standard InChI is InChI=1S/C8H16.Na.H/c1-7(2)6-8(3,4)5;;/h1,6H2,2-5H3;;. The molecule has 0 saturated heterocycles. The second-order valence-corrected chi connectivity index (χ2v) is 3.69. The van der Waals surface area contributed by atoms with Crippen LogP contribution in [0.15, 0.2) is 12.2 Å². The van der Waals surface area contributed by atoms with Gasteiger partial charge in [-0.05, 0) is 18.8 Å². The summed E-state index contributed by atoms with van der Waals surface area (Å²) in [6.07, 6.45) is 1.13. The summed E-state index contributed by atoms with van der Waals surface area (Å²) in [5, 5.41) is 0. The van der Waals surface area contributed by atoms with E-state index in [1.807, 2.05) is 0 Å². The summed E-state index contributed by atoms with van der Waals surface area (Å²) >= 11 is 0. The van der Waals surface area contributed by atoms with Crippen LogP contribution < -0.4 is 0 Å². The molecule has 0 aromatic heterocycles. The van der Waals surface area contributed by atoms with Crippen molar-refractivity contribution in [3.05, 3.63) is 12.2 Å². The van der Waals surface area contributed by atoms with E-state index in [0.717, 1.165) is 6.42 Å². The Bertz CT molecular complexity index is 87.2. The van der Waals surface area contributed by atoms with Gasteiger partial charge in [-0.3, -0.25) is 0 Å². The molecule has 0 aliphatic heterocycles. The second-order valence-electron chi connectivity index (χ2n) is 3.69. The van der Waals surface area contributed by atoms with E-state index in [4.69, 9.17) is 0 Å². The molecule has 0 fully saturated rings. The predicted octanol–water partition coefficient (Wildman–Crippen LogP) is 2.35. The Morgan fingerprint density at radius 1 is 1.33 bits per heavy atom. The van der Waals surface area contributed by atoms with Gasteiger partial charge in [-0.15, -0.1) is 6.58 Å². The van der Waals surface area contributed by atoms with Crippen LogP contribution in [-0.4, -0.2) is 29.6 Å². The Kier molecular flexibility index (Phi) is 6.26. The topological polar surface area (TPSA) is 0 Å². The van der Waals surface area contributed by atoms with Crippen molar-refractivity contribution < 1.29 is 0 Å². The van der Waals surface area contributed by atoms with Crippen molar-refractivity contribution in [3.63, 3.8) is 0 Å². The Balaban J connectivity index is 0. The zero-order chi connectivity index (χ0) is 6.78. The predicted molar refractivity (Wildman–Crippen MR) is 46.0 cm³/mol. The third-order valence-electron chi connectivity index (χ3n) is 0.832. The maximum atomic E-state index is 3.84. The van der Waals surface area contributed by atoms with Gasteiger partial charge >= 0.3 is 29.6 Å². The fourth-order valence-electron chi connectivity index (χ4n) is 0.905. The van der Waals surface area contributed by atoms with E-state index >= 15 is 0 Å².